The van der Waals surface area contributed by atoms with E-state index in [0.717, 1.165) is 12.1 Å². The number of rotatable bonds is 1. The Kier molecular flexibility index (Phi) is 2.71. The van der Waals surface area contributed by atoms with E-state index < -0.39 is 4.92 Å². The summed E-state index contributed by atoms with van der Waals surface area (Å²) in [5.74, 6) is 0. The summed E-state index contributed by atoms with van der Waals surface area (Å²) in [5.41, 5.74) is -0.244. The summed E-state index contributed by atoms with van der Waals surface area (Å²) < 4.78 is 0. The number of hydrogen-bond acceptors (Lipinski definition) is 3. The highest BCUT2D eigenvalue weighted by Crippen LogP contribution is 2.30. The largest absolute Gasteiger partial charge is 0.272 e. The van der Waals surface area contributed by atoms with Crippen molar-refractivity contribution in [1.29, 1.82) is 5.26 Å². The van der Waals surface area contributed by atoms with Gasteiger partial charge < -0.3 is 0 Å². The predicted octanol–water partition coefficient (Wildman–Crippen LogP) is 2.77. The van der Waals surface area contributed by atoms with Crippen LogP contribution in [-0.2, 0) is 0 Å². The van der Waals surface area contributed by atoms with E-state index >= 15 is 0 Å². The van der Waals surface area contributed by atoms with Crippen LogP contribution in [0.15, 0.2) is 12.1 Å². The number of halogens is 2. The first-order valence-corrected chi connectivity index (χ1v) is 3.85. The van der Waals surface area contributed by atoms with Gasteiger partial charge in [-0.2, -0.15) is 5.26 Å². The van der Waals surface area contributed by atoms with Crippen LogP contribution in [0.25, 0.3) is 0 Å². The Balaban J connectivity index is 3.41. The Hall–Kier alpha value is -1.31. The van der Waals surface area contributed by atoms with Gasteiger partial charge in [-0.3, -0.25) is 10.1 Å². The Labute approximate surface area is 83.4 Å². The van der Waals surface area contributed by atoms with E-state index in [-0.39, 0.29) is 21.3 Å². The highest BCUT2D eigenvalue weighted by molar-refractivity contribution is 6.42. The van der Waals surface area contributed by atoms with E-state index in [2.05, 4.69) is 0 Å². The number of nitro benzene ring substituents is 1. The monoisotopic (exact) mass is 216 g/mol. The van der Waals surface area contributed by atoms with Crippen molar-refractivity contribution in [3.05, 3.63) is 37.9 Å². The van der Waals surface area contributed by atoms with Crippen molar-refractivity contribution in [1.82, 2.24) is 0 Å². The fraction of sp³-hybridized carbons (Fsp3) is 0. The lowest BCUT2D eigenvalue weighted by molar-refractivity contribution is -0.384. The van der Waals surface area contributed by atoms with Crippen LogP contribution >= 0.6 is 23.2 Å². The smallest absolute Gasteiger partial charge is 0.258 e. The standard InChI is InChI=1S/C7H2Cl2N2O2/c8-6-2-5(11(12)13)1-4(3-10)7(6)9/h1-2H. The molecule has 0 aliphatic rings. The lowest BCUT2D eigenvalue weighted by Gasteiger charge is -1.97. The summed E-state index contributed by atoms with van der Waals surface area (Å²) in [5, 5.41) is 18.9. The molecule has 13 heavy (non-hydrogen) atoms. The highest BCUT2D eigenvalue weighted by atomic mass is 35.5. The molecule has 0 N–H and O–H groups in total. The third kappa shape index (κ3) is 1.89. The fourth-order valence-electron chi connectivity index (χ4n) is 0.762. The van der Waals surface area contributed by atoms with Crippen LogP contribution < -0.4 is 0 Å². The molecule has 0 spiro atoms. The minimum atomic E-state index is -0.636. The molecule has 0 aliphatic carbocycles. The topological polar surface area (TPSA) is 66.9 Å². The first-order valence-electron chi connectivity index (χ1n) is 3.10. The maximum Gasteiger partial charge on any atom is 0.272 e. The minimum absolute atomic E-state index is 0.000802. The number of nitrogens with zero attached hydrogens (tertiary/aromatic N) is 2. The zero-order chi connectivity index (χ0) is 10.0. The first kappa shape index (κ1) is 9.78. The van der Waals surface area contributed by atoms with Gasteiger partial charge in [-0.1, -0.05) is 23.2 Å². The molecule has 0 saturated heterocycles. The van der Waals surface area contributed by atoms with Crippen molar-refractivity contribution in [3.8, 4) is 6.07 Å². The van der Waals surface area contributed by atoms with Gasteiger partial charge in [-0.15, -0.1) is 0 Å². The number of benzene rings is 1. The maximum absolute atomic E-state index is 10.3. The van der Waals surface area contributed by atoms with E-state index in [4.69, 9.17) is 28.5 Å². The maximum atomic E-state index is 10.3. The predicted molar refractivity (Wildman–Crippen MR) is 47.8 cm³/mol. The minimum Gasteiger partial charge on any atom is -0.258 e. The zero-order valence-electron chi connectivity index (χ0n) is 6.12. The van der Waals surface area contributed by atoms with Crippen molar-refractivity contribution in [3.63, 3.8) is 0 Å². The molecule has 0 aromatic heterocycles. The SMILES string of the molecule is N#Cc1cc([N+](=O)[O-])cc(Cl)c1Cl. The molecule has 0 heterocycles. The normalized spacial score (nSPS) is 9.31. The molecular formula is C7H2Cl2N2O2. The second-order valence-electron chi connectivity index (χ2n) is 2.16. The third-order valence-corrected chi connectivity index (χ3v) is 2.15. The summed E-state index contributed by atoms with van der Waals surface area (Å²) >= 11 is 11.1. The number of nitro groups is 1. The van der Waals surface area contributed by atoms with Crippen LogP contribution in [0, 0.1) is 21.4 Å². The van der Waals surface area contributed by atoms with Crippen LogP contribution in [0.1, 0.15) is 5.56 Å². The van der Waals surface area contributed by atoms with Crippen LogP contribution in [0.2, 0.25) is 10.0 Å². The Bertz CT molecular complexity index is 412. The molecule has 0 bridgehead atoms. The number of non-ortho nitro benzene ring substituents is 1. The van der Waals surface area contributed by atoms with E-state index in [1.807, 2.05) is 0 Å². The van der Waals surface area contributed by atoms with Gasteiger partial charge in [0.05, 0.1) is 20.5 Å². The molecule has 0 saturated carbocycles. The highest BCUT2D eigenvalue weighted by Gasteiger charge is 2.13. The van der Waals surface area contributed by atoms with Gasteiger partial charge in [-0.25, -0.2) is 0 Å². The van der Waals surface area contributed by atoms with Crippen LogP contribution in [0.5, 0.6) is 0 Å². The van der Waals surface area contributed by atoms with E-state index in [9.17, 15) is 10.1 Å². The fourth-order valence-corrected chi connectivity index (χ4v) is 1.13. The van der Waals surface area contributed by atoms with E-state index in [0.29, 0.717) is 0 Å². The van der Waals surface area contributed by atoms with Crippen molar-refractivity contribution in [2.75, 3.05) is 0 Å². The van der Waals surface area contributed by atoms with Crippen molar-refractivity contribution < 1.29 is 4.92 Å². The summed E-state index contributed by atoms with van der Waals surface area (Å²) in [6.45, 7) is 0. The average molecular weight is 217 g/mol. The van der Waals surface area contributed by atoms with Gasteiger partial charge in [0.1, 0.15) is 6.07 Å². The first-order chi connectivity index (χ1) is 6.06. The summed E-state index contributed by atoms with van der Waals surface area (Å²) in [7, 11) is 0. The lowest BCUT2D eigenvalue weighted by Crippen LogP contribution is -1.89. The Morgan fingerprint density at radius 2 is 2.08 bits per heavy atom. The molecular weight excluding hydrogens is 215 g/mol. The van der Waals surface area contributed by atoms with Gasteiger partial charge in [0.25, 0.3) is 5.69 Å². The average Bonchev–Trinajstić information content (AvgIpc) is 2.09. The molecule has 0 radical (unpaired) electrons. The van der Waals surface area contributed by atoms with E-state index in [1.54, 1.807) is 6.07 Å². The van der Waals surface area contributed by atoms with Crippen LogP contribution in [-0.4, -0.2) is 4.92 Å². The Morgan fingerprint density at radius 3 is 2.54 bits per heavy atom. The third-order valence-electron chi connectivity index (χ3n) is 1.34. The van der Waals surface area contributed by atoms with E-state index in [1.165, 1.54) is 0 Å². The number of hydrogen-bond donors (Lipinski definition) is 0. The molecule has 4 nitrogen and oxygen atoms in total. The van der Waals surface area contributed by atoms with Gasteiger partial charge in [0.15, 0.2) is 0 Å². The quantitative estimate of drug-likeness (QED) is 0.536. The summed E-state index contributed by atoms with van der Waals surface area (Å²) in [4.78, 5) is 9.69. The van der Waals surface area contributed by atoms with Crippen LogP contribution in [0.4, 0.5) is 5.69 Å². The summed E-state index contributed by atoms with van der Waals surface area (Å²) in [6.07, 6.45) is 0. The van der Waals surface area contributed by atoms with Crippen molar-refractivity contribution in [2.45, 2.75) is 0 Å². The van der Waals surface area contributed by atoms with Gasteiger partial charge >= 0.3 is 0 Å². The van der Waals surface area contributed by atoms with Crippen LogP contribution in [0.3, 0.4) is 0 Å². The molecule has 0 atom stereocenters. The zero-order valence-corrected chi connectivity index (χ0v) is 7.63. The van der Waals surface area contributed by atoms with Gasteiger partial charge in [-0.05, 0) is 0 Å². The molecule has 0 aliphatic heterocycles. The number of nitriles is 1. The summed E-state index contributed by atoms with van der Waals surface area (Å²) in [6, 6.07) is 3.89. The molecule has 6 heteroatoms. The molecule has 0 unspecified atom stereocenters. The molecule has 0 amide bonds. The molecule has 66 valence electrons. The van der Waals surface area contributed by atoms with Gasteiger partial charge in [0, 0.05) is 12.1 Å². The lowest BCUT2D eigenvalue weighted by atomic mass is 10.2. The molecule has 0 fully saturated rings. The Morgan fingerprint density at radius 1 is 1.46 bits per heavy atom. The second kappa shape index (κ2) is 3.60. The second-order valence-corrected chi connectivity index (χ2v) is 2.94. The van der Waals surface area contributed by atoms with Crippen molar-refractivity contribution in [2.24, 2.45) is 0 Å². The molecule has 1 aromatic carbocycles. The molecule has 1 rings (SSSR count). The molecule has 1 aromatic rings. The van der Waals surface area contributed by atoms with Crippen molar-refractivity contribution >= 4 is 28.9 Å². The van der Waals surface area contributed by atoms with Gasteiger partial charge in [0.2, 0.25) is 0 Å².